The molecule has 3 saturated heterocycles. The maximum absolute atomic E-state index is 10.1. The van der Waals surface area contributed by atoms with Crippen LogP contribution in [0.2, 0.25) is 0 Å². The molecule has 3 rings (SSSR count). The number of carbonyl (C=O) groups excluding carboxylic acids is 3. The summed E-state index contributed by atoms with van der Waals surface area (Å²) in [7, 11) is 0. The number of hydrogen-bond donors (Lipinski definition) is 5. The molecule has 12 heteroatoms. The normalized spacial score (nSPS) is 16.6. The number of aliphatic carboxylic acids is 1. The summed E-state index contributed by atoms with van der Waals surface area (Å²) in [5.41, 5.74) is 0. The molecule has 7 unspecified atom stereocenters. The molecule has 302 valence electrons. The van der Waals surface area contributed by atoms with Crippen molar-refractivity contribution in [1.82, 2.24) is 0 Å². The lowest BCUT2D eigenvalue weighted by Crippen LogP contribution is -1.95. The first-order valence-electron chi connectivity index (χ1n) is 16.5. The van der Waals surface area contributed by atoms with Gasteiger partial charge >= 0.3 is 5.97 Å². The number of epoxide rings is 3. The van der Waals surface area contributed by atoms with Crippen molar-refractivity contribution < 1.29 is 58.9 Å². The van der Waals surface area contributed by atoms with E-state index in [1.807, 2.05) is 20.8 Å². The molecule has 0 saturated carbocycles. The number of aliphatic hydroxyl groups excluding tert-OH is 4. The molecule has 0 spiro atoms. The molecular formula is C41H66O12. The van der Waals surface area contributed by atoms with Crippen LogP contribution >= 0.6 is 0 Å². The van der Waals surface area contributed by atoms with Crippen LogP contribution in [0.1, 0.15) is 90.0 Å². The lowest BCUT2D eigenvalue weighted by molar-refractivity contribution is -0.130. The van der Waals surface area contributed by atoms with Gasteiger partial charge in [-0.25, -0.2) is 4.79 Å². The molecule has 0 amide bonds. The average Bonchev–Trinajstić information content (AvgIpc) is 3.93. The number of ether oxygens (including phenoxy) is 3. The number of carboxylic acid groups (broad SMARTS) is 1. The third-order valence-electron chi connectivity index (χ3n) is 3.26. The fraction of sp³-hybridized carbons (Fsp3) is 0.561. The molecule has 3 fully saturated rings. The van der Waals surface area contributed by atoms with E-state index in [0.29, 0.717) is 18.3 Å². The molecule has 0 aliphatic carbocycles. The third-order valence-corrected chi connectivity index (χ3v) is 3.26. The van der Waals surface area contributed by atoms with E-state index in [-0.39, 0.29) is 17.3 Å². The van der Waals surface area contributed by atoms with Crippen LogP contribution < -0.4 is 0 Å². The summed E-state index contributed by atoms with van der Waals surface area (Å²) < 4.78 is 14.1. The number of aliphatic hydroxyl groups is 4. The van der Waals surface area contributed by atoms with Crippen LogP contribution in [-0.2, 0) is 33.4 Å². The molecule has 0 aromatic heterocycles. The van der Waals surface area contributed by atoms with Gasteiger partial charge in [0, 0.05) is 26.7 Å². The smallest absolute Gasteiger partial charge is 0.381 e. The number of ketones is 3. The minimum atomic E-state index is -1.22. The van der Waals surface area contributed by atoms with Crippen LogP contribution in [0.3, 0.4) is 0 Å². The summed E-state index contributed by atoms with van der Waals surface area (Å²) in [4.78, 5) is 39.8. The second-order valence-electron chi connectivity index (χ2n) is 10.4. The number of rotatable bonds is 0. The Kier molecular flexibility index (Phi) is 59.8. The van der Waals surface area contributed by atoms with Gasteiger partial charge in [-0.2, -0.15) is 0 Å². The molecule has 0 radical (unpaired) electrons. The average molecular weight is 751 g/mol. The molecular weight excluding hydrogens is 684 g/mol. The van der Waals surface area contributed by atoms with Crippen molar-refractivity contribution in [2.45, 2.75) is 133 Å². The SMILES string of the molecule is C=CC.C=CC.C=CC.CC(=O)C#CC(C)O.CC(=O)C#CC(C)O.CC(=O)C#CC(C)O.CC(O)C#CC(=O)O.CC1CO1.CC1CO1.CC1CO1. The molecule has 7 atom stereocenters. The van der Waals surface area contributed by atoms with Crippen LogP contribution in [0.4, 0.5) is 0 Å². The van der Waals surface area contributed by atoms with Crippen molar-refractivity contribution in [2.24, 2.45) is 0 Å². The molecule has 3 aliphatic rings. The highest BCUT2D eigenvalue weighted by molar-refractivity contribution is 5.94. The summed E-state index contributed by atoms with van der Waals surface area (Å²) in [6, 6.07) is 0. The molecule has 0 aromatic carbocycles. The Bertz CT molecular complexity index is 1020. The van der Waals surface area contributed by atoms with Gasteiger partial charge in [0.1, 0.15) is 24.4 Å². The Morgan fingerprint density at radius 2 is 0.660 bits per heavy atom. The van der Waals surface area contributed by atoms with Crippen molar-refractivity contribution in [3.63, 3.8) is 0 Å². The Hall–Kier alpha value is -4.34. The van der Waals surface area contributed by atoms with E-state index in [9.17, 15) is 19.2 Å². The van der Waals surface area contributed by atoms with Gasteiger partial charge in [0.2, 0.25) is 17.3 Å². The van der Waals surface area contributed by atoms with E-state index in [4.69, 9.17) is 39.7 Å². The second kappa shape index (κ2) is 49.8. The van der Waals surface area contributed by atoms with Crippen LogP contribution in [-0.4, -0.2) is 111 Å². The van der Waals surface area contributed by atoms with Crippen molar-refractivity contribution in [2.75, 3.05) is 19.8 Å². The fourth-order valence-electron chi connectivity index (χ4n) is 1.07. The van der Waals surface area contributed by atoms with Gasteiger partial charge in [-0.3, -0.25) is 14.4 Å². The topological polar surface area (TPSA) is 207 Å². The molecule has 12 nitrogen and oxygen atoms in total. The van der Waals surface area contributed by atoms with E-state index >= 15 is 0 Å². The van der Waals surface area contributed by atoms with Crippen molar-refractivity contribution in [1.29, 1.82) is 0 Å². The maximum atomic E-state index is 10.1. The Morgan fingerprint density at radius 1 is 0.528 bits per heavy atom. The second-order valence-corrected chi connectivity index (χ2v) is 10.4. The fourth-order valence-corrected chi connectivity index (χ4v) is 1.07. The monoisotopic (exact) mass is 750 g/mol. The van der Waals surface area contributed by atoms with E-state index in [2.05, 4.69) is 82.0 Å². The van der Waals surface area contributed by atoms with Crippen molar-refractivity contribution >= 4 is 23.3 Å². The number of carboxylic acids is 1. The number of carbonyl (C=O) groups is 4. The largest absolute Gasteiger partial charge is 0.472 e. The van der Waals surface area contributed by atoms with Gasteiger partial charge in [-0.15, -0.1) is 19.7 Å². The first-order valence-corrected chi connectivity index (χ1v) is 16.5. The Labute approximate surface area is 319 Å². The standard InChI is InChI=1S/3C6H8O2.C5H6O3.3C3H6O.3C3H6/c3*1-5(7)3-4-6(2)8;1-4(6)2-3-5(7)8;3*1-3-2-4-3;3*1-3-2/h3*5,7H,1-2H3;4,6H,1H3,(H,7,8);3*3H,2H2,1H3;3*3H,1H2,2H3. The first kappa shape index (κ1) is 63.7. The number of Topliss-reactive ketones (excluding diaryl/α,β-unsaturated/α-hetero) is 3. The highest BCUT2D eigenvalue weighted by Crippen LogP contribution is 2.04. The zero-order chi connectivity index (χ0) is 43.4. The zero-order valence-electron chi connectivity index (χ0n) is 34.1. The Morgan fingerprint density at radius 3 is 0.698 bits per heavy atom. The molecule has 53 heavy (non-hydrogen) atoms. The van der Waals surface area contributed by atoms with E-state index in [1.165, 1.54) is 48.5 Å². The van der Waals surface area contributed by atoms with Crippen molar-refractivity contribution in [3.05, 3.63) is 38.0 Å². The lowest BCUT2D eigenvalue weighted by atomic mass is 10.4. The predicted octanol–water partition coefficient (Wildman–Crippen LogP) is 4.13. The third kappa shape index (κ3) is 163. The number of hydrogen-bond acceptors (Lipinski definition) is 11. The highest BCUT2D eigenvalue weighted by Gasteiger charge is 2.14. The minimum Gasteiger partial charge on any atom is -0.472 e. The summed E-state index contributed by atoms with van der Waals surface area (Å²) in [6.07, 6.45) is 4.06. The van der Waals surface area contributed by atoms with Gasteiger partial charge in [0.05, 0.1) is 38.1 Å². The van der Waals surface area contributed by atoms with Gasteiger partial charge in [-0.1, -0.05) is 41.9 Å². The van der Waals surface area contributed by atoms with Crippen LogP contribution in [0, 0.1) is 47.4 Å². The summed E-state index contributed by atoms with van der Waals surface area (Å²) >= 11 is 0. The summed E-state index contributed by atoms with van der Waals surface area (Å²) in [6.45, 7) is 34.9. The molecule has 0 bridgehead atoms. The lowest BCUT2D eigenvalue weighted by Gasteiger charge is -1.83. The number of allylic oxidation sites excluding steroid dienone is 3. The summed E-state index contributed by atoms with van der Waals surface area (Å²) in [5.74, 6) is 15.5. The Balaban J connectivity index is -0.0000000908. The minimum absolute atomic E-state index is 0.217. The van der Waals surface area contributed by atoms with Gasteiger partial charge in [0.25, 0.3) is 0 Å². The quantitative estimate of drug-likeness (QED) is 0.103. The predicted molar refractivity (Wildman–Crippen MR) is 211 cm³/mol. The zero-order valence-corrected chi connectivity index (χ0v) is 34.1. The van der Waals surface area contributed by atoms with E-state index in [0.717, 1.165) is 19.8 Å². The van der Waals surface area contributed by atoms with Crippen LogP contribution in [0.15, 0.2) is 38.0 Å². The highest BCUT2D eigenvalue weighted by atomic mass is 16.6. The van der Waals surface area contributed by atoms with Crippen LogP contribution in [0.5, 0.6) is 0 Å². The van der Waals surface area contributed by atoms with Crippen molar-refractivity contribution in [3.8, 4) is 47.4 Å². The van der Waals surface area contributed by atoms with Gasteiger partial charge < -0.3 is 39.7 Å². The molecule has 3 heterocycles. The first-order chi connectivity index (χ1) is 24.4. The maximum Gasteiger partial charge on any atom is 0.381 e. The van der Waals surface area contributed by atoms with E-state index in [1.54, 1.807) is 24.1 Å². The molecule has 5 N–H and O–H groups in total. The summed E-state index contributed by atoms with van der Waals surface area (Å²) in [5, 5.41) is 41.7. The van der Waals surface area contributed by atoms with Gasteiger partial charge in [0.15, 0.2) is 0 Å². The van der Waals surface area contributed by atoms with Gasteiger partial charge in [-0.05, 0) is 87.0 Å². The van der Waals surface area contributed by atoms with Crippen LogP contribution in [0.25, 0.3) is 0 Å². The molecule has 0 aromatic rings. The molecule has 3 aliphatic heterocycles. The van der Waals surface area contributed by atoms with E-state index < -0.39 is 30.4 Å².